The van der Waals surface area contributed by atoms with Crippen LogP contribution in [0.25, 0.3) is 0 Å². The van der Waals surface area contributed by atoms with Crippen molar-refractivity contribution < 1.29 is 22.7 Å². The van der Waals surface area contributed by atoms with E-state index in [1.165, 1.54) is 23.5 Å². The van der Waals surface area contributed by atoms with Gasteiger partial charge in [0.25, 0.3) is 5.91 Å². The number of urea groups is 1. The van der Waals surface area contributed by atoms with E-state index in [4.69, 9.17) is 4.74 Å². The third-order valence-electron chi connectivity index (χ3n) is 5.18. The van der Waals surface area contributed by atoms with Crippen LogP contribution in [0.5, 0.6) is 5.75 Å². The van der Waals surface area contributed by atoms with Gasteiger partial charge in [-0.3, -0.25) is 10.1 Å². The highest BCUT2D eigenvalue weighted by Crippen LogP contribution is 2.35. The fraction of sp³-hybridized carbons (Fsp3) is 0.556. The molecular weight excluding hydrogens is 370 g/mol. The summed E-state index contributed by atoms with van der Waals surface area (Å²) < 4.78 is 32.4. The zero-order valence-electron chi connectivity index (χ0n) is 15.8. The highest BCUT2D eigenvalue weighted by Gasteiger charge is 2.54. The van der Waals surface area contributed by atoms with Gasteiger partial charge in [-0.2, -0.15) is 4.31 Å². The van der Waals surface area contributed by atoms with E-state index in [0.29, 0.717) is 12.3 Å². The van der Waals surface area contributed by atoms with Gasteiger partial charge in [0.15, 0.2) is 0 Å². The number of hydrogen-bond donors (Lipinski definition) is 1. The van der Waals surface area contributed by atoms with Crippen molar-refractivity contribution in [2.45, 2.75) is 37.1 Å². The maximum atomic E-state index is 13.0. The van der Waals surface area contributed by atoms with Crippen LogP contribution in [0.1, 0.15) is 26.7 Å². The van der Waals surface area contributed by atoms with Crippen molar-refractivity contribution >= 4 is 22.0 Å². The first-order valence-corrected chi connectivity index (χ1v) is 10.4. The van der Waals surface area contributed by atoms with Crippen LogP contribution in [0, 0.1) is 5.92 Å². The Morgan fingerprint density at radius 1 is 1.22 bits per heavy atom. The first-order chi connectivity index (χ1) is 12.7. The van der Waals surface area contributed by atoms with E-state index in [0.717, 1.165) is 0 Å². The lowest BCUT2D eigenvalue weighted by molar-refractivity contribution is -0.128. The van der Waals surface area contributed by atoms with Crippen LogP contribution >= 0.6 is 0 Å². The molecule has 0 atom stereocenters. The number of nitrogens with one attached hydrogen (secondary N) is 1. The van der Waals surface area contributed by atoms with E-state index in [9.17, 15) is 18.0 Å². The van der Waals surface area contributed by atoms with Crippen LogP contribution in [0.2, 0.25) is 0 Å². The van der Waals surface area contributed by atoms with Gasteiger partial charge < -0.3 is 9.64 Å². The Balaban J connectivity index is 1.81. The van der Waals surface area contributed by atoms with Crippen LogP contribution < -0.4 is 10.1 Å². The molecule has 1 N–H and O–H groups in total. The largest absolute Gasteiger partial charge is 0.497 e. The molecule has 2 saturated heterocycles. The molecule has 27 heavy (non-hydrogen) atoms. The standard InChI is InChI=1S/C18H25N3O5S/c1-13(2)12-21-17(23)19-16(22)18(21)7-9-20(10-8-18)27(24,25)15-6-4-5-14(11-15)26-3/h4-6,11,13H,7-10,12H2,1-3H3,(H,19,22,23). The summed E-state index contributed by atoms with van der Waals surface area (Å²) in [6.07, 6.45) is 0.557. The van der Waals surface area contributed by atoms with Crippen molar-refractivity contribution in [3.63, 3.8) is 0 Å². The molecule has 9 heteroatoms. The Labute approximate surface area is 159 Å². The molecule has 1 aromatic rings. The summed E-state index contributed by atoms with van der Waals surface area (Å²) in [6, 6.07) is 5.93. The second-order valence-electron chi connectivity index (χ2n) is 7.38. The Morgan fingerprint density at radius 3 is 2.48 bits per heavy atom. The minimum Gasteiger partial charge on any atom is -0.497 e. The smallest absolute Gasteiger partial charge is 0.325 e. The van der Waals surface area contributed by atoms with Crippen molar-refractivity contribution in [2.75, 3.05) is 26.7 Å². The Morgan fingerprint density at radius 2 is 1.89 bits per heavy atom. The third kappa shape index (κ3) is 3.41. The number of carbonyl (C=O) groups is 2. The number of nitrogens with zero attached hydrogens (tertiary/aromatic N) is 2. The average molecular weight is 395 g/mol. The molecule has 3 amide bonds. The summed E-state index contributed by atoms with van der Waals surface area (Å²) in [5.74, 6) is 0.345. The predicted octanol–water partition coefficient (Wildman–Crippen LogP) is 1.43. The van der Waals surface area contributed by atoms with Gasteiger partial charge in [-0.05, 0) is 30.9 Å². The summed E-state index contributed by atoms with van der Waals surface area (Å²) in [7, 11) is -2.21. The Bertz CT molecular complexity index is 844. The topological polar surface area (TPSA) is 96.0 Å². The first-order valence-electron chi connectivity index (χ1n) is 8.98. The van der Waals surface area contributed by atoms with Crippen molar-refractivity contribution in [1.82, 2.24) is 14.5 Å². The number of sulfonamides is 1. The SMILES string of the molecule is COc1cccc(S(=O)(=O)N2CCC3(CC2)C(=O)NC(=O)N3CC(C)C)c1. The van der Waals surface area contributed by atoms with Crippen molar-refractivity contribution in [3.05, 3.63) is 24.3 Å². The van der Waals surface area contributed by atoms with Gasteiger partial charge in [0, 0.05) is 25.7 Å². The lowest BCUT2D eigenvalue weighted by atomic mass is 9.86. The number of hydrogen-bond acceptors (Lipinski definition) is 5. The van der Waals surface area contributed by atoms with Gasteiger partial charge in [-0.25, -0.2) is 13.2 Å². The van der Waals surface area contributed by atoms with E-state index in [2.05, 4.69) is 5.32 Å². The van der Waals surface area contributed by atoms with Gasteiger partial charge in [0.2, 0.25) is 10.0 Å². The molecule has 0 aliphatic carbocycles. The van der Waals surface area contributed by atoms with E-state index in [-0.39, 0.29) is 42.7 Å². The lowest BCUT2D eigenvalue weighted by Crippen LogP contribution is -2.57. The van der Waals surface area contributed by atoms with Crippen LogP contribution in [-0.2, 0) is 14.8 Å². The second-order valence-corrected chi connectivity index (χ2v) is 9.32. The Hall–Kier alpha value is -2.13. The van der Waals surface area contributed by atoms with Crippen LogP contribution in [0.3, 0.4) is 0 Å². The number of methoxy groups -OCH3 is 1. The maximum Gasteiger partial charge on any atom is 0.325 e. The number of amides is 3. The number of carbonyl (C=O) groups excluding carboxylic acids is 2. The first kappa shape index (κ1) is 19.6. The summed E-state index contributed by atoms with van der Waals surface area (Å²) in [5.41, 5.74) is -0.957. The van der Waals surface area contributed by atoms with Crippen molar-refractivity contribution in [3.8, 4) is 5.75 Å². The molecule has 1 spiro atoms. The fourth-order valence-electron chi connectivity index (χ4n) is 3.72. The molecule has 8 nitrogen and oxygen atoms in total. The molecule has 3 rings (SSSR count). The number of benzene rings is 1. The van der Waals surface area contributed by atoms with E-state index >= 15 is 0 Å². The van der Waals surface area contributed by atoms with E-state index < -0.39 is 21.6 Å². The van der Waals surface area contributed by atoms with Crippen molar-refractivity contribution in [1.29, 1.82) is 0 Å². The van der Waals surface area contributed by atoms with E-state index in [1.54, 1.807) is 17.0 Å². The predicted molar refractivity (Wildman–Crippen MR) is 98.8 cm³/mol. The molecule has 2 aliphatic rings. The highest BCUT2D eigenvalue weighted by molar-refractivity contribution is 7.89. The van der Waals surface area contributed by atoms with Gasteiger partial charge in [-0.1, -0.05) is 19.9 Å². The minimum atomic E-state index is -3.69. The molecule has 2 heterocycles. The molecule has 0 saturated carbocycles. The van der Waals surface area contributed by atoms with Gasteiger partial charge in [-0.15, -0.1) is 0 Å². The number of rotatable bonds is 5. The minimum absolute atomic E-state index is 0.156. The molecule has 0 bridgehead atoms. The van der Waals surface area contributed by atoms with Gasteiger partial charge >= 0.3 is 6.03 Å². The average Bonchev–Trinajstić information content (AvgIpc) is 2.86. The molecule has 148 valence electrons. The maximum absolute atomic E-state index is 13.0. The molecule has 2 fully saturated rings. The normalized spacial score (nSPS) is 20.4. The lowest BCUT2D eigenvalue weighted by Gasteiger charge is -2.42. The van der Waals surface area contributed by atoms with Crippen LogP contribution in [-0.4, -0.2) is 61.8 Å². The summed E-state index contributed by atoms with van der Waals surface area (Å²) >= 11 is 0. The number of piperidine rings is 1. The van der Waals surface area contributed by atoms with Gasteiger partial charge in [0.05, 0.1) is 12.0 Å². The number of ether oxygens (including phenoxy) is 1. The molecular formula is C18H25N3O5S. The molecule has 0 radical (unpaired) electrons. The van der Waals surface area contributed by atoms with Gasteiger partial charge in [0.1, 0.15) is 11.3 Å². The summed E-state index contributed by atoms with van der Waals surface area (Å²) in [5, 5.41) is 2.40. The monoisotopic (exact) mass is 395 g/mol. The zero-order chi connectivity index (χ0) is 19.8. The molecule has 0 aromatic heterocycles. The quantitative estimate of drug-likeness (QED) is 0.761. The summed E-state index contributed by atoms with van der Waals surface area (Å²) in [4.78, 5) is 26.5. The van der Waals surface area contributed by atoms with E-state index in [1.807, 2.05) is 13.8 Å². The second kappa shape index (κ2) is 7.12. The highest BCUT2D eigenvalue weighted by atomic mass is 32.2. The molecule has 1 aromatic carbocycles. The van der Waals surface area contributed by atoms with Crippen molar-refractivity contribution in [2.24, 2.45) is 5.92 Å². The van der Waals surface area contributed by atoms with Crippen LogP contribution in [0.4, 0.5) is 4.79 Å². The summed E-state index contributed by atoms with van der Waals surface area (Å²) in [6.45, 7) is 4.77. The fourth-order valence-corrected chi connectivity index (χ4v) is 5.20. The molecule has 0 unspecified atom stereocenters. The van der Waals surface area contributed by atoms with Crippen LogP contribution in [0.15, 0.2) is 29.2 Å². The Kier molecular flexibility index (Phi) is 5.18. The third-order valence-corrected chi connectivity index (χ3v) is 7.08. The number of imide groups is 1. The molecule has 2 aliphatic heterocycles. The zero-order valence-corrected chi connectivity index (χ0v) is 16.6.